The van der Waals surface area contributed by atoms with Crippen LogP contribution in [0, 0.1) is 11.8 Å². The minimum atomic E-state index is -0.541. The zero-order valence-electron chi connectivity index (χ0n) is 19.2. The molecule has 7 nitrogen and oxygen atoms in total. The average Bonchev–Trinajstić information content (AvgIpc) is 3.30. The number of aliphatic hydroxyl groups excluding tert-OH is 1. The molecule has 0 radical (unpaired) electrons. The second kappa shape index (κ2) is 10.1. The van der Waals surface area contributed by atoms with E-state index < -0.39 is 22.6 Å². The summed E-state index contributed by atoms with van der Waals surface area (Å²) in [6.07, 6.45) is 6.79. The van der Waals surface area contributed by atoms with Crippen molar-refractivity contribution in [3.8, 4) is 0 Å². The maximum Gasteiger partial charge on any atom is 0.244 e. The Kier molecular flexibility index (Phi) is 7.95. The van der Waals surface area contributed by atoms with Gasteiger partial charge in [0.25, 0.3) is 0 Å². The number of nitrogens with one attached hydrogen (secondary N) is 2. The Balaban J connectivity index is 1.88. The van der Waals surface area contributed by atoms with Crippen LogP contribution in [0.5, 0.6) is 0 Å². The number of carbonyl (C=O) groups excluding carboxylic acids is 3. The molecule has 3 aliphatic rings. The van der Waals surface area contributed by atoms with Crippen LogP contribution in [0.2, 0.25) is 0 Å². The molecule has 0 aromatic rings. The van der Waals surface area contributed by atoms with Gasteiger partial charge in [0.2, 0.25) is 17.7 Å². The number of nitrogens with zero attached hydrogens (tertiary/aromatic N) is 1. The highest BCUT2D eigenvalue weighted by molar-refractivity contribution is 8.02. The smallest absolute Gasteiger partial charge is 0.244 e. The molecule has 2 bridgehead atoms. The van der Waals surface area contributed by atoms with Crippen molar-refractivity contribution in [3.05, 3.63) is 0 Å². The van der Waals surface area contributed by atoms with Crippen LogP contribution < -0.4 is 10.6 Å². The Hall–Kier alpha value is -1.28. The van der Waals surface area contributed by atoms with Crippen LogP contribution in [-0.2, 0) is 14.4 Å². The normalized spacial score (nSPS) is 33.6. The monoisotopic (exact) mass is 453 g/mol. The van der Waals surface area contributed by atoms with Gasteiger partial charge in [-0.1, -0.05) is 26.7 Å². The van der Waals surface area contributed by atoms with Gasteiger partial charge in [-0.25, -0.2) is 0 Å². The second-order valence-corrected chi connectivity index (χ2v) is 11.4. The third-order valence-electron chi connectivity index (χ3n) is 7.24. The topological polar surface area (TPSA) is 98.7 Å². The number of rotatable bonds is 12. The number of likely N-dealkylation sites (tertiary alicyclic amines) is 1. The maximum atomic E-state index is 13.7. The second-order valence-electron chi connectivity index (χ2n) is 9.48. The van der Waals surface area contributed by atoms with Gasteiger partial charge in [-0.05, 0) is 45.4 Å². The third kappa shape index (κ3) is 4.34. The standard InChI is InChI=1S/C23H39N3O4S/c1-4-6-7-13-25-20(29)18-23-11-10-22(3,31-23)16(19(28)24-12-5-2)17(23)21(30)26(18)14-8-9-15-27/h16-18,27H,4-15H2,1-3H3,(H,24,28)(H,25,29)/t16-,17+,18?,22+,23?/m1/s1. The molecule has 1 spiro atoms. The molecule has 3 heterocycles. The minimum Gasteiger partial charge on any atom is -0.396 e. The van der Waals surface area contributed by atoms with Crippen molar-refractivity contribution >= 4 is 29.5 Å². The van der Waals surface area contributed by atoms with E-state index in [9.17, 15) is 19.5 Å². The minimum absolute atomic E-state index is 0.0453. The highest BCUT2D eigenvalue weighted by Crippen LogP contribution is 2.71. The molecule has 3 fully saturated rings. The first kappa shape index (κ1) is 24.4. The number of thioether (sulfide) groups is 1. The van der Waals surface area contributed by atoms with E-state index in [-0.39, 0.29) is 29.1 Å². The Morgan fingerprint density at radius 2 is 1.81 bits per heavy atom. The van der Waals surface area contributed by atoms with Crippen LogP contribution in [0.4, 0.5) is 0 Å². The summed E-state index contributed by atoms with van der Waals surface area (Å²) >= 11 is 1.72. The largest absolute Gasteiger partial charge is 0.396 e. The quantitative estimate of drug-likeness (QED) is 0.393. The molecule has 3 aliphatic heterocycles. The van der Waals surface area contributed by atoms with E-state index in [1.54, 1.807) is 16.7 Å². The van der Waals surface area contributed by atoms with Gasteiger partial charge in [-0.3, -0.25) is 14.4 Å². The summed E-state index contributed by atoms with van der Waals surface area (Å²) in [6, 6.07) is -0.541. The predicted molar refractivity (Wildman–Crippen MR) is 123 cm³/mol. The zero-order valence-corrected chi connectivity index (χ0v) is 20.1. The first-order valence-corrected chi connectivity index (χ1v) is 12.8. The van der Waals surface area contributed by atoms with E-state index >= 15 is 0 Å². The number of amides is 3. The molecule has 3 saturated heterocycles. The van der Waals surface area contributed by atoms with Crippen molar-refractivity contribution in [3.63, 3.8) is 0 Å². The lowest BCUT2D eigenvalue weighted by atomic mass is 9.66. The van der Waals surface area contributed by atoms with Crippen LogP contribution >= 0.6 is 11.8 Å². The van der Waals surface area contributed by atoms with Crippen molar-refractivity contribution in [2.24, 2.45) is 11.8 Å². The molecule has 8 heteroatoms. The summed E-state index contributed by atoms with van der Waals surface area (Å²) in [5.41, 5.74) is 0. The van der Waals surface area contributed by atoms with Gasteiger partial charge < -0.3 is 20.6 Å². The van der Waals surface area contributed by atoms with Crippen molar-refractivity contribution < 1.29 is 19.5 Å². The summed E-state index contributed by atoms with van der Waals surface area (Å²) in [5, 5.41) is 15.3. The summed E-state index contributed by atoms with van der Waals surface area (Å²) in [4.78, 5) is 42.0. The summed E-state index contributed by atoms with van der Waals surface area (Å²) in [6.45, 7) is 7.98. The fourth-order valence-corrected chi connectivity index (χ4v) is 8.16. The van der Waals surface area contributed by atoms with Gasteiger partial charge in [0.15, 0.2) is 0 Å². The van der Waals surface area contributed by atoms with Crippen LogP contribution in [0.3, 0.4) is 0 Å². The van der Waals surface area contributed by atoms with E-state index in [1.165, 1.54) is 0 Å². The van der Waals surface area contributed by atoms with Gasteiger partial charge in [-0.15, -0.1) is 11.8 Å². The SMILES string of the molecule is CCCCCNC(=O)C1N(CCCCO)C(=O)[C@@H]2[C@H](C(=O)NCCC)[C@]3(C)CCC12S3. The van der Waals surface area contributed by atoms with E-state index in [0.717, 1.165) is 38.5 Å². The molecule has 0 saturated carbocycles. The molecular weight excluding hydrogens is 414 g/mol. The number of fused-ring (bicyclic) bond motifs is 1. The molecule has 3 rings (SSSR count). The Bertz CT molecular complexity index is 690. The molecule has 3 amide bonds. The van der Waals surface area contributed by atoms with Gasteiger partial charge in [-0.2, -0.15) is 0 Å². The molecule has 176 valence electrons. The Morgan fingerprint density at radius 1 is 1.06 bits per heavy atom. The lowest BCUT2D eigenvalue weighted by molar-refractivity contribution is -0.140. The molecule has 0 aromatic heterocycles. The fraction of sp³-hybridized carbons (Fsp3) is 0.870. The lowest BCUT2D eigenvalue weighted by Gasteiger charge is -2.34. The summed E-state index contributed by atoms with van der Waals surface area (Å²) in [5.74, 6) is -1.03. The number of hydrogen-bond donors (Lipinski definition) is 3. The van der Waals surface area contributed by atoms with Crippen LogP contribution in [0.25, 0.3) is 0 Å². The van der Waals surface area contributed by atoms with Crippen molar-refractivity contribution in [1.29, 1.82) is 0 Å². The summed E-state index contributed by atoms with van der Waals surface area (Å²) < 4.78 is -0.843. The van der Waals surface area contributed by atoms with E-state index in [4.69, 9.17) is 0 Å². The van der Waals surface area contributed by atoms with Crippen molar-refractivity contribution in [2.75, 3.05) is 26.2 Å². The fourth-order valence-electron chi connectivity index (χ4n) is 5.80. The first-order valence-electron chi connectivity index (χ1n) is 12.0. The van der Waals surface area contributed by atoms with Gasteiger partial charge >= 0.3 is 0 Å². The van der Waals surface area contributed by atoms with E-state index in [2.05, 4.69) is 24.5 Å². The molecule has 5 atom stereocenters. The zero-order chi connectivity index (χ0) is 22.6. The highest BCUT2D eigenvalue weighted by atomic mass is 32.2. The molecule has 2 unspecified atom stereocenters. The van der Waals surface area contributed by atoms with Crippen LogP contribution in [0.15, 0.2) is 0 Å². The van der Waals surface area contributed by atoms with E-state index in [1.807, 2.05) is 6.92 Å². The third-order valence-corrected chi connectivity index (χ3v) is 9.23. The number of unbranched alkanes of at least 4 members (excludes halogenated alkanes) is 3. The Morgan fingerprint density at radius 3 is 2.48 bits per heavy atom. The lowest BCUT2D eigenvalue weighted by Crippen LogP contribution is -2.54. The van der Waals surface area contributed by atoms with Gasteiger partial charge in [0, 0.05) is 31.0 Å². The molecule has 0 aliphatic carbocycles. The van der Waals surface area contributed by atoms with Crippen LogP contribution in [0.1, 0.15) is 72.1 Å². The molecule has 31 heavy (non-hydrogen) atoms. The molecule has 3 N–H and O–H groups in total. The maximum absolute atomic E-state index is 13.7. The number of carbonyl (C=O) groups is 3. The Labute approximate surface area is 190 Å². The number of aliphatic hydroxyl groups is 1. The van der Waals surface area contributed by atoms with Crippen molar-refractivity contribution in [2.45, 2.75) is 87.7 Å². The van der Waals surface area contributed by atoms with Gasteiger partial charge in [0.1, 0.15) is 6.04 Å². The first-order chi connectivity index (χ1) is 14.9. The van der Waals surface area contributed by atoms with Crippen LogP contribution in [-0.4, -0.2) is 69.5 Å². The predicted octanol–water partition coefficient (Wildman–Crippen LogP) is 2.07. The highest BCUT2D eigenvalue weighted by Gasteiger charge is 2.76. The molecule has 0 aromatic carbocycles. The average molecular weight is 454 g/mol. The number of hydrogen-bond acceptors (Lipinski definition) is 5. The van der Waals surface area contributed by atoms with E-state index in [0.29, 0.717) is 32.5 Å². The summed E-state index contributed by atoms with van der Waals surface area (Å²) in [7, 11) is 0. The van der Waals surface area contributed by atoms with Gasteiger partial charge in [0.05, 0.1) is 16.6 Å². The molecular formula is C23H39N3O4S. The van der Waals surface area contributed by atoms with Crippen molar-refractivity contribution in [1.82, 2.24) is 15.5 Å².